The first-order valence-corrected chi connectivity index (χ1v) is 12.7. The molecule has 1 fully saturated rings. The predicted molar refractivity (Wildman–Crippen MR) is 126 cm³/mol. The van der Waals surface area contributed by atoms with Gasteiger partial charge in [-0.2, -0.15) is 4.31 Å². The van der Waals surface area contributed by atoms with Crippen LogP contribution in [0.3, 0.4) is 0 Å². The third kappa shape index (κ3) is 5.90. The quantitative estimate of drug-likeness (QED) is 0.646. The van der Waals surface area contributed by atoms with Crippen molar-refractivity contribution in [3.63, 3.8) is 0 Å². The third-order valence-electron chi connectivity index (χ3n) is 5.98. The first-order valence-electron chi connectivity index (χ1n) is 11.3. The van der Waals surface area contributed by atoms with Crippen LogP contribution < -0.4 is 10.1 Å². The lowest BCUT2D eigenvalue weighted by Gasteiger charge is -2.31. The van der Waals surface area contributed by atoms with Crippen molar-refractivity contribution in [2.24, 2.45) is 5.92 Å². The zero-order valence-corrected chi connectivity index (χ0v) is 20.2. The van der Waals surface area contributed by atoms with Crippen LogP contribution in [0.4, 0.5) is 0 Å². The van der Waals surface area contributed by atoms with Crippen LogP contribution in [-0.4, -0.2) is 44.4 Å². The molecule has 1 heterocycles. The van der Waals surface area contributed by atoms with Crippen molar-refractivity contribution in [3.8, 4) is 5.75 Å². The molecule has 174 valence electrons. The van der Waals surface area contributed by atoms with Gasteiger partial charge in [-0.25, -0.2) is 8.42 Å². The summed E-state index contributed by atoms with van der Waals surface area (Å²) in [6.07, 6.45) is 0.835. The van der Waals surface area contributed by atoms with E-state index >= 15 is 0 Å². The Morgan fingerprint density at radius 2 is 1.75 bits per heavy atom. The second-order valence-corrected chi connectivity index (χ2v) is 10.8. The Morgan fingerprint density at radius 1 is 1.09 bits per heavy atom. The average Bonchev–Trinajstić information content (AvgIpc) is 2.78. The largest absolute Gasteiger partial charge is 0.481 e. The van der Waals surface area contributed by atoms with E-state index < -0.39 is 16.1 Å². The van der Waals surface area contributed by atoms with Crippen molar-refractivity contribution >= 4 is 15.9 Å². The average molecular weight is 459 g/mol. The van der Waals surface area contributed by atoms with Gasteiger partial charge in [-0.05, 0) is 67.9 Å². The van der Waals surface area contributed by atoms with E-state index in [0.717, 1.165) is 29.7 Å². The van der Waals surface area contributed by atoms with Gasteiger partial charge in [0, 0.05) is 19.6 Å². The van der Waals surface area contributed by atoms with Crippen molar-refractivity contribution in [1.82, 2.24) is 9.62 Å². The second kappa shape index (κ2) is 10.5. The molecule has 3 rings (SSSR count). The number of carbonyl (C=O) groups is 1. The maximum Gasteiger partial charge on any atom is 0.260 e. The van der Waals surface area contributed by atoms with Gasteiger partial charge in [0.2, 0.25) is 10.0 Å². The number of rotatable bonds is 8. The SMILES string of the molecule is Cc1ccc(C(C)C)c(OC(C)C(=O)NCC2CCN(S(=O)(=O)c3ccccc3)CC2)c1. The van der Waals surface area contributed by atoms with Crippen LogP contribution in [0, 0.1) is 12.8 Å². The molecule has 0 aliphatic carbocycles. The number of benzene rings is 2. The lowest BCUT2D eigenvalue weighted by atomic mass is 9.98. The number of sulfonamides is 1. The molecular weight excluding hydrogens is 424 g/mol. The van der Waals surface area contributed by atoms with Crippen LogP contribution in [0.5, 0.6) is 5.75 Å². The highest BCUT2D eigenvalue weighted by Crippen LogP contribution is 2.28. The zero-order valence-electron chi connectivity index (χ0n) is 19.4. The Hall–Kier alpha value is -2.38. The predicted octanol–water partition coefficient (Wildman–Crippen LogP) is 4.10. The molecule has 2 aromatic carbocycles. The van der Waals surface area contributed by atoms with Crippen LogP contribution >= 0.6 is 0 Å². The maximum absolute atomic E-state index is 12.8. The Bertz CT molecular complexity index is 1010. The van der Waals surface area contributed by atoms with Gasteiger partial charge < -0.3 is 10.1 Å². The third-order valence-corrected chi connectivity index (χ3v) is 7.90. The van der Waals surface area contributed by atoms with E-state index in [0.29, 0.717) is 30.4 Å². The van der Waals surface area contributed by atoms with Crippen LogP contribution in [0.15, 0.2) is 53.4 Å². The molecule has 1 saturated heterocycles. The van der Waals surface area contributed by atoms with Crippen molar-refractivity contribution < 1.29 is 17.9 Å². The van der Waals surface area contributed by atoms with E-state index in [2.05, 4.69) is 31.3 Å². The summed E-state index contributed by atoms with van der Waals surface area (Å²) < 4.78 is 33.1. The van der Waals surface area contributed by atoms with E-state index in [9.17, 15) is 13.2 Å². The monoisotopic (exact) mass is 458 g/mol. The van der Waals surface area contributed by atoms with Crippen LogP contribution in [0.1, 0.15) is 50.7 Å². The summed E-state index contributed by atoms with van der Waals surface area (Å²) in [5, 5.41) is 2.99. The number of aryl methyl sites for hydroxylation is 1. The van der Waals surface area contributed by atoms with E-state index in [-0.39, 0.29) is 11.8 Å². The van der Waals surface area contributed by atoms with Gasteiger partial charge >= 0.3 is 0 Å². The fourth-order valence-corrected chi connectivity index (χ4v) is 5.44. The molecule has 6 nitrogen and oxygen atoms in total. The molecule has 1 aliphatic heterocycles. The van der Waals surface area contributed by atoms with Crippen molar-refractivity contribution in [3.05, 3.63) is 59.7 Å². The molecule has 1 unspecified atom stereocenters. The molecular formula is C25H34N2O4S. The molecule has 2 aromatic rings. The van der Waals surface area contributed by atoms with Crippen LogP contribution in [0.2, 0.25) is 0 Å². The fourth-order valence-electron chi connectivity index (χ4n) is 3.95. The van der Waals surface area contributed by atoms with Gasteiger partial charge in [-0.15, -0.1) is 0 Å². The Balaban J connectivity index is 1.50. The summed E-state index contributed by atoms with van der Waals surface area (Å²) in [5.41, 5.74) is 2.18. The molecule has 1 amide bonds. The Labute approximate surface area is 192 Å². The van der Waals surface area contributed by atoms with Gasteiger partial charge in [-0.3, -0.25) is 4.79 Å². The number of amides is 1. The highest BCUT2D eigenvalue weighted by molar-refractivity contribution is 7.89. The number of piperidine rings is 1. The first kappa shape index (κ1) is 24.3. The summed E-state index contributed by atoms with van der Waals surface area (Å²) in [4.78, 5) is 13.0. The van der Waals surface area contributed by atoms with Gasteiger partial charge in [0.25, 0.3) is 5.91 Å². The minimum Gasteiger partial charge on any atom is -0.481 e. The summed E-state index contributed by atoms with van der Waals surface area (Å²) in [7, 11) is -3.45. The van der Waals surface area contributed by atoms with E-state index in [1.165, 1.54) is 4.31 Å². The maximum atomic E-state index is 12.8. The van der Waals surface area contributed by atoms with Crippen LogP contribution in [-0.2, 0) is 14.8 Å². The Kier molecular flexibility index (Phi) is 7.96. The van der Waals surface area contributed by atoms with Crippen molar-refractivity contribution in [2.75, 3.05) is 19.6 Å². The molecule has 1 aliphatic rings. The number of nitrogens with zero attached hydrogens (tertiary/aromatic N) is 1. The second-order valence-electron chi connectivity index (χ2n) is 8.86. The number of nitrogens with one attached hydrogen (secondary N) is 1. The summed E-state index contributed by atoms with van der Waals surface area (Å²) in [6, 6.07) is 14.6. The highest BCUT2D eigenvalue weighted by atomic mass is 32.2. The normalized spacial score (nSPS) is 16.7. The summed E-state index contributed by atoms with van der Waals surface area (Å²) >= 11 is 0. The molecule has 0 saturated carbocycles. The molecule has 0 bridgehead atoms. The lowest BCUT2D eigenvalue weighted by Crippen LogP contribution is -2.43. The van der Waals surface area contributed by atoms with Gasteiger partial charge in [0.1, 0.15) is 5.75 Å². The number of hydrogen-bond donors (Lipinski definition) is 1. The molecule has 0 aromatic heterocycles. The van der Waals surface area contributed by atoms with Gasteiger partial charge in [0.05, 0.1) is 4.90 Å². The topological polar surface area (TPSA) is 75.7 Å². The Morgan fingerprint density at radius 3 is 2.38 bits per heavy atom. The zero-order chi connectivity index (χ0) is 23.3. The molecule has 32 heavy (non-hydrogen) atoms. The van der Waals surface area contributed by atoms with Crippen LogP contribution in [0.25, 0.3) is 0 Å². The number of carbonyl (C=O) groups excluding carboxylic acids is 1. The standard InChI is InChI=1S/C25H34N2O4S/c1-18(2)23-11-10-19(3)16-24(23)31-20(4)25(28)26-17-21-12-14-27(15-13-21)32(29,30)22-8-6-5-7-9-22/h5-11,16,18,20-21H,12-15,17H2,1-4H3,(H,26,28). The smallest absolute Gasteiger partial charge is 0.260 e. The van der Waals surface area contributed by atoms with E-state index in [1.54, 1.807) is 37.3 Å². The van der Waals surface area contributed by atoms with Gasteiger partial charge in [0.15, 0.2) is 6.10 Å². The van der Waals surface area contributed by atoms with Crippen molar-refractivity contribution in [1.29, 1.82) is 0 Å². The number of hydrogen-bond acceptors (Lipinski definition) is 4. The lowest BCUT2D eigenvalue weighted by molar-refractivity contribution is -0.127. The minimum absolute atomic E-state index is 0.152. The number of ether oxygens (including phenoxy) is 1. The molecule has 0 spiro atoms. The van der Waals surface area contributed by atoms with Gasteiger partial charge in [-0.1, -0.05) is 44.2 Å². The van der Waals surface area contributed by atoms with Crippen molar-refractivity contribution in [2.45, 2.75) is 57.5 Å². The molecule has 0 radical (unpaired) electrons. The summed E-state index contributed by atoms with van der Waals surface area (Å²) in [5.74, 6) is 1.15. The fraction of sp³-hybridized carbons (Fsp3) is 0.480. The van der Waals surface area contributed by atoms with E-state index in [1.807, 2.05) is 13.0 Å². The van der Waals surface area contributed by atoms with E-state index in [4.69, 9.17) is 4.74 Å². The molecule has 1 N–H and O–H groups in total. The first-order chi connectivity index (χ1) is 15.2. The minimum atomic E-state index is -3.45. The summed E-state index contributed by atoms with van der Waals surface area (Å²) in [6.45, 7) is 9.43. The molecule has 1 atom stereocenters. The highest BCUT2D eigenvalue weighted by Gasteiger charge is 2.29. The molecule has 7 heteroatoms.